The summed E-state index contributed by atoms with van der Waals surface area (Å²) in [5, 5.41) is 23.3. The van der Waals surface area contributed by atoms with Gasteiger partial charge in [0.2, 0.25) is 5.88 Å². The van der Waals surface area contributed by atoms with Gasteiger partial charge in [0.25, 0.3) is 16.9 Å². The number of nitrogens with one attached hydrogen (secondary N) is 2. The van der Waals surface area contributed by atoms with Crippen molar-refractivity contribution in [2.75, 3.05) is 19.8 Å². The first kappa shape index (κ1) is 63.5. The Morgan fingerprint density at radius 2 is 1.27 bits per heavy atom. The summed E-state index contributed by atoms with van der Waals surface area (Å²) in [6.45, 7) is 22.9. The summed E-state index contributed by atoms with van der Waals surface area (Å²) < 4.78 is 20.5. The van der Waals surface area contributed by atoms with Gasteiger partial charge in [0.05, 0.1) is 44.9 Å². The SMILES string of the molecule is CC(C)Br.CCOC(=O)C(=O)C(C)C(=O)OCC.CCOC(=O)c1nc[nH]c(=O)c1C.Cc1c(C(=O)O)ncn(C(C)C)c1=O.Cc1c(OC(C)C)ncnc1C(=O)O.Cl.N=CN. The largest absolute Gasteiger partial charge is 0.476 e. The molecule has 0 aliphatic rings. The number of aromatic amines is 1. The quantitative estimate of drug-likeness (QED) is 0.0318. The second-order valence-electron chi connectivity index (χ2n) is 12.6. The molecule has 24 heteroatoms. The predicted octanol–water partition coefficient (Wildman–Crippen LogP) is 4.44. The Balaban J connectivity index is -0.000000348. The molecule has 63 heavy (non-hydrogen) atoms. The lowest BCUT2D eigenvalue weighted by molar-refractivity contribution is -0.161. The van der Waals surface area contributed by atoms with Gasteiger partial charge in [0, 0.05) is 27.6 Å². The van der Waals surface area contributed by atoms with Crippen molar-refractivity contribution in [1.82, 2.24) is 29.5 Å². The van der Waals surface area contributed by atoms with Crippen molar-refractivity contribution in [3.8, 4) is 5.88 Å². The number of halogens is 2. The number of H-pyrrole nitrogens is 1. The summed E-state index contributed by atoms with van der Waals surface area (Å²) in [6.07, 6.45) is 4.35. The maximum absolute atomic E-state index is 11.6. The van der Waals surface area contributed by atoms with Crippen molar-refractivity contribution in [2.45, 2.75) is 107 Å². The average molecular weight is 980 g/mol. The summed E-state index contributed by atoms with van der Waals surface area (Å²) in [4.78, 5) is 106. The maximum atomic E-state index is 11.6. The van der Waals surface area contributed by atoms with Crippen molar-refractivity contribution in [3.63, 3.8) is 0 Å². The van der Waals surface area contributed by atoms with E-state index >= 15 is 0 Å². The Morgan fingerprint density at radius 1 is 0.794 bits per heavy atom. The lowest BCUT2D eigenvalue weighted by Crippen LogP contribution is -2.30. The zero-order valence-corrected chi connectivity index (χ0v) is 40.0. The fraction of sp³-hybridized carbons (Fsp3) is 0.513. The highest BCUT2D eigenvalue weighted by Crippen LogP contribution is 2.17. The summed E-state index contributed by atoms with van der Waals surface area (Å²) in [5.41, 5.74) is 4.56. The van der Waals surface area contributed by atoms with Gasteiger partial charge in [-0.2, -0.15) is 0 Å². The third kappa shape index (κ3) is 25.4. The van der Waals surface area contributed by atoms with E-state index in [1.54, 1.807) is 27.7 Å². The van der Waals surface area contributed by atoms with Gasteiger partial charge < -0.3 is 39.9 Å². The first-order chi connectivity index (χ1) is 28.8. The van der Waals surface area contributed by atoms with Crippen LogP contribution in [0.3, 0.4) is 0 Å². The van der Waals surface area contributed by atoms with Crippen LogP contribution in [0.5, 0.6) is 5.88 Å². The Hall–Kier alpha value is -6.10. The fourth-order valence-corrected chi connectivity index (χ4v) is 3.77. The number of ketones is 1. The average Bonchev–Trinajstić information content (AvgIpc) is 3.17. The number of esters is 3. The van der Waals surface area contributed by atoms with Crippen LogP contribution in [0.2, 0.25) is 0 Å². The molecule has 0 fully saturated rings. The predicted molar refractivity (Wildman–Crippen MR) is 237 cm³/mol. The van der Waals surface area contributed by atoms with Crippen LogP contribution in [0.15, 0.2) is 28.6 Å². The van der Waals surface area contributed by atoms with Crippen LogP contribution in [-0.2, 0) is 28.6 Å². The normalized spacial score (nSPS) is 9.98. The summed E-state index contributed by atoms with van der Waals surface area (Å²) in [5.74, 6) is -6.13. The molecular formula is C39H60BrClN8O14. The summed E-state index contributed by atoms with van der Waals surface area (Å²) >= 11 is 3.27. The molecule has 0 spiro atoms. The highest BCUT2D eigenvalue weighted by molar-refractivity contribution is 9.09. The van der Waals surface area contributed by atoms with Crippen molar-refractivity contribution < 1.29 is 57.9 Å². The van der Waals surface area contributed by atoms with Gasteiger partial charge in [0.1, 0.15) is 12.2 Å². The third-order valence-electron chi connectivity index (χ3n) is 6.63. The number of aromatic carboxylic acids is 2. The van der Waals surface area contributed by atoms with E-state index in [4.69, 9.17) is 25.1 Å². The zero-order chi connectivity index (χ0) is 48.9. The number of Topliss-reactive ketones (excluding diaryl/α,β-unsaturated/α-hetero) is 1. The molecule has 1 atom stereocenters. The molecular weight excluding hydrogens is 920 g/mol. The van der Waals surface area contributed by atoms with Crippen molar-refractivity contribution in [3.05, 3.63) is 73.5 Å². The fourth-order valence-electron chi connectivity index (χ4n) is 3.77. The van der Waals surface area contributed by atoms with E-state index in [-0.39, 0.29) is 83.7 Å². The number of nitrogens with two attached hydrogens (primary N) is 1. The summed E-state index contributed by atoms with van der Waals surface area (Å²) in [6, 6.07) is -0.0171. The number of carboxylic acid groups (broad SMARTS) is 2. The van der Waals surface area contributed by atoms with Crippen molar-refractivity contribution in [1.29, 1.82) is 5.41 Å². The summed E-state index contributed by atoms with van der Waals surface area (Å²) in [7, 11) is 0. The molecule has 22 nitrogen and oxygen atoms in total. The first-order valence-electron chi connectivity index (χ1n) is 18.8. The number of carbonyl (C=O) groups excluding carboxylic acids is 4. The van der Waals surface area contributed by atoms with Crippen LogP contribution in [0, 0.1) is 32.1 Å². The molecule has 1 unspecified atom stereocenters. The van der Waals surface area contributed by atoms with E-state index in [1.807, 2.05) is 27.7 Å². The molecule has 354 valence electrons. The molecule has 0 bridgehead atoms. The number of nitrogens with zero attached hydrogens (tertiary/aromatic N) is 5. The Kier molecular flexibility index (Phi) is 34.8. The number of alkyl halides is 1. The van der Waals surface area contributed by atoms with Gasteiger partial charge in [-0.1, -0.05) is 29.8 Å². The number of hydrogen-bond donors (Lipinski definition) is 5. The Labute approximate surface area is 379 Å². The second kappa shape index (κ2) is 34.5. The number of aromatic nitrogens is 6. The molecule has 0 radical (unpaired) electrons. The number of carboxylic acids is 2. The van der Waals surface area contributed by atoms with E-state index < -0.39 is 41.5 Å². The minimum Gasteiger partial charge on any atom is -0.476 e. The van der Waals surface area contributed by atoms with Gasteiger partial charge in [-0.15, -0.1) is 12.4 Å². The van der Waals surface area contributed by atoms with Gasteiger partial charge in [-0.25, -0.2) is 39.1 Å². The molecule has 3 aromatic rings. The maximum Gasteiger partial charge on any atom is 0.375 e. The number of carbonyl (C=O) groups is 6. The third-order valence-corrected chi connectivity index (χ3v) is 6.63. The molecule has 6 N–H and O–H groups in total. The van der Waals surface area contributed by atoms with Gasteiger partial charge >= 0.3 is 29.8 Å². The van der Waals surface area contributed by atoms with Crippen LogP contribution in [-0.4, -0.2) is 112 Å². The number of hydrogen-bond acceptors (Lipinski definition) is 17. The van der Waals surface area contributed by atoms with E-state index in [9.17, 15) is 38.4 Å². The molecule has 3 aromatic heterocycles. The van der Waals surface area contributed by atoms with Crippen molar-refractivity contribution in [2.24, 2.45) is 11.7 Å². The lowest BCUT2D eigenvalue weighted by Gasteiger charge is -2.11. The van der Waals surface area contributed by atoms with E-state index in [1.165, 1.54) is 44.3 Å². The van der Waals surface area contributed by atoms with Crippen LogP contribution >= 0.6 is 28.3 Å². The molecule has 3 heterocycles. The van der Waals surface area contributed by atoms with Crippen LogP contribution in [0.1, 0.15) is 123 Å². The van der Waals surface area contributed by atoms with E-state index in [0.717, 1.165) is 6.34 Å². The lowest BCUT2D eigenvalue weighted by atomic mass is 10.1. The van der Waals surface area contributed by atoms with Crippen LogP contribution in [0.4, 0.5) is 0 Å². The van der Waals surface area contributed by atoms with E-state index in [0.29, 0.717) is 16.3 Å². The van der Waals surface area contributed by atoms with E-state index in [2.05, 4.69) is 69.9 Å². The minimum absolute atomic E-state index is 0. The molecule has 0 amide bonds. The molecule has 0 aliphatic heterocycles. The standard InChI is InChI=1S/2C9H12N2O3.C9H14O5.C8H10N2O3.C3H7Br.CH4N2.ClH/c1-5(2)14-8-6(3)7(9(12)13)10-4-11-8;1-5(2)11-4-10-7(9(13)14)6(3)8(11)12;1-4-13-8(11)6(3)7(10)9(12)14-5-2;1-3-13-8(12)6-5(2)7(11)10-4-9-6;1-3(2)4;2-1-3;/h4-5H,1-3H3,(H,12,13);4-5H,1-3H3,(H,13,14);6H,4-5H2,1-3H3;4H,3H2,1-2H3,(H,9,10,11);3H,1-2H3;1H,(H3,2,3);1H. The van der Waals surface area contributed by atoms with Gasteiger partial charge in [0.15, 0.2) is 17.1 Å². The minimum atomic E-state index is -1.17. The van der Waals surface area contributed by atoms with Gasteiger partial charge in [-0.05, 0) is 76.2 Å². The molecule has 0 saturated heterocycles. The molecule has 0 aromatic carbocycles. The highest BCUT2D eigenvalue weighted by Gasteiger charge is 2.29. The molecule has 0 aliphatic carbocycles. The van der Waals surface area contributed by atoms with Gasteiger partial charge in [-0.3, -0.25) is 29.2 Å². The smallest absolute Gasteiger partial charge is 0.375 e. The Morgan fingerprint density at radius 3 is 1.70 bits per heavy atom. The van der Waals surface area contributed by atoms with Crippen LogP contribution in [0.25, 0.3) is 0 Å². The zero-order valence-electron chi connectivity index (χ0n) is 37.6. The monoisotopic (exact) mass is 978 g/mol. The number of ether oxygens (including phenoxy) is 4. The molecule has 0 saturated carbocycles. The Bertz CT molecular complexity index is 2040. The highest BCUT2D eigenvalue weighted by atomic mass is 79.9. The number of rotatable bonds is 12. The molecule has 3 rings (SSSR count). The van der Waals surface area contributed by atoms with Crippen molar-refractivity contribution >= 4 is 70.3 Å². The first-order valence-corrected chi connectivity index (χ1v) is 19.7. The van der Waals surface area contributed by atoms with Crippen LogP contribution < -0.4 is 21.6 Å². The second-order valence-corrected chi connectivity index (χ2v) is 14.4. The topological polar surface area (TPSA) is 336 Å².